The summed E-state index contributed by atoms with van der Waals surface area (Å²) in [6.45, 7) is 7.28. The molecule has 2 N–H and O–H groups in total. The number of carbonyl (C=O) groups excluding carboxylic acids is 1. The van der Waals surface area contributed by atoms with Gasteiger partial charge in [-0.2, -0.15) is 4.99 Å². The van der Waals surface area contributed by atoms with Crippen molar-refractivity contribution in [2.24, 2.45) is 61.3 Å². The van der Waals surface area contributed by atoms with E-state index in [0.717, 1.165) is 42.8 Å². The van der Waals surface area contributed by atoms with E-state index in [1.807, 2.05) is 24.3 Å². The number of nitrogens with zero attached hydrogens (tertiary/aromatic N) is 3. The standard InChI is InChI=1S/C31H43N3O3/c1-18(8-11-27(37)34-29-32-24-6-4-5-7-25(24)33-29)21-9-10-22-28-23(13-15-31(21,22)3)30(2)14-12-20(35)16-19(30)17-26(28)36/h4-7,18-23,26,28,35-36H,8-17H2,1-3H3/t18-,19-,20-,21+,22-,23-,26+,28+,30+,31-/m1/s1. The molecule has 200 valence electrons. The minimum atomic E-state index is -0.243. The number of aliphatic hydroxyl groups is 2. The van der Waals surface area contributed by atoms with Crippen LogP contribution in [-0.2, 0) is 4.79 Å². The Balaban J connectivity index is 1.12. The fraction of sp³-hybridized carbons (Fsp3) is 0.742. The first-order valence-electron chi connectivity index (χ1n) is 14.7. The summed E-state index contributed by atoms with van der Waals surface area (Å²) in [4.78, 5) is 25.6. The van der Waals surface area contributed by atoms with Crippen molar-refractivity contribution in [3.05, 3.63) is 35.0 Å². The summed E-state index contributed by atoms with van der Waals surface area (Å²) in [5.41, 5.74) is 0.487. The highest BCUT2D eigenvalue weighted by molar-refractivity contribution is 5.94. The second kappa shape index (κ2) is 9.37. The van der Waals surface area contributed by atoms with E-state index in [-0.39, 0.29) is 34.9 Å². The normalized spacial score (nSPS) is 42.9. The maximum Gasteiger partial charge on any atom is 0.253 e. The summed E-state index contributed by atoms with van der Waals surface area (Å²) in [6, 6.07) is 7.61. The van der Waals surface area contributed by atoms with Crippen molar-refractivity contribution in [2.75, 3.05) is 0 Å². The molecule has 6 heteroatoms. The van der Waals surface area contributed by atoms with Gasteiger partial charge in [-0.05, 0) is 116 Å². The van der Waals surface area contributed by atoms with Gasteiger partial charge in [0.15, 0.2) is 0 Å². The third kappa shape index (κ3) is 4.23. The molecule has 0 unspecified atom stereocenters. The summed E-state index contributed by atoms with van der Waals surface area (Å²) in [5.74, 6) is 3.13. The van der Waals surface area contributed by atoms with Crippen molar-refractivity contribution in [2.45, 2.75) is 97.2 Å². The number of aliphatic hydroxyl groups excluding tert-OH is 2. The van der Waals surface area contributed by atoms with E-state index in [1.54, 1.807) is 0 Å². The monoisotopic (exact) mass is 505 g/mol. The van der Waals surface area contributed by atoms with Gasteiger partial charge in [0.2, 0.25) is 5.91 Å². The molecule has 4 aliphatic carbocycles. The zero-order chi connectivity index (χ0) is 25.9. The number of guanidine groups is 1. The molecular formula is C31H43N3O3. The number of aliphatic imine (C=N–C) groups is 1. The van der Waals surface area contributed by atoms with Crippen LogP contribution in [0.4, 0.5) is 0 Å². The largest absolute Gasteiger partial charge is 0.393 e. The van der Waals surface area contributed by atoms with Crippen LogP contribution in [0, 0.1) is 46.3 Å². The molecule has 4 fully saturated rings. The Morgan fingerprint density at radius 1 is 1.00 bits per heavy atom. The van der Waals surface area contributed by atoms with Crippen LogP contribution < -0.4 is 10.7 Å². The topological polar surface area (TPSA) is 94.6 Å². The van der Waals surface area contributed by atoms with Crippen molar-refractivity contribution in [1.29, 1.82) is 0 Å². The lowest BCUT2D eigenvalue weighted by Gasteiger charge is -2.62. The molecule has 10 atom stereocenters. The Labute approximate surface area is 220 Å². The van der Waals surface area contributed by atoms with Gasteiger partial charge in [-0.3, -0.25) is 4.79 Å². The summed E-state index contributed by atoms with van der Waals surface area (Å²) < 4.78 is 0. The first kappa shape index (κ1) is 25.4. The van der Waals surface area contributed by atoms with Crippen LogP contribution >= 0.6 is 0 Å². The molecule has 1 aliphatic heterocycles. The van der Waals surface area contributed by atoms with Gasteiger partial charge in [0.25, 0.3) is 5.96 Å². The van der Waals surface area contributed by atoms with Crippen LogP contribution in [0.25, 0.3) is 0 Å². The average molecular weight is 506 g/mol. The predicted molar refractivity (Wildman–Crippen MR) is 142 cm³/mol. The number of hydrogen-bond donors (Lipinski definition) is 2. The predicted octanol–water partition coefficient (Wildman–Crippen LogP) is 4.23. The number of hydrogen-bond acceptors (Lipinski definition) is 3. The van der Waals surface area contributed by atoms with Crippen molar-refractivity contribution < 1.29 is 15.0 Å². The first-order valence-corrected chi connectivity index (χ1v) is 14.7. The van der Waals surface area contributed by atoms with Crippen molar-refractivity contribution in [1.82, 2.24) is 0 Å². The van der Waals surface area contributed by atoms with E-state index >= 15 is 0 Å². The average Bonchev–Trinajstić information content (AvgIpc) is 3.43. The van der Waals surface area contributed by atoms with Gasteiger partial charge in [-0.1, -0.05) is 32.9 Å². The second-order valence-electron chi connectivity index (χ2n) is 13.5. The van der Waals surface area contributed by atoms with Crippen LogP contribution in [0.1, 0.15) is 85.0 Å². The summed E-state index contributed by atoms with van der Waals surface area (Å²) >= 11 is 0. The summed E-state index contributed by atoms with van der Waals surface area (Å²) in [7, 11) is 0. The van der Waals surface area contributed by atoms with Gasteiger partial charge in [-0.25, -0.2) is 9.98 Å². The Bertz CT molecular complexity index is 1180. The van der Waals surface area contributed by atoms with Crippen LogP contribution in [0.15, 0.2) is 39.2 Å². The maximum absolute atomic E-state index is 12.7. The molecule has 0 radical (unpaired) electrons. The van der Waals surface area contributed by atoms with E-state index in [1.165, 1.54) is 25.7 Å². The van der Waals surface area contributed by atoms with Crippen molar-refractivity contribution >= 4 is 11.9 Å². The number of benzene rings is 1. The van der Waals surface area contributed by atoms with Gasteiger partial charge in [0.05, 0.1) is 22.9 Å². The zero-order valence-corrected chi connectivity index (χ0v) is 22.6. The highest BCUT2D eigenvalue weighted by Gasteiger charge is 2.62. The molecule has 0 bridgehead atoms. The van der Waals surface area contributed by atoms with Crippen LogP contribution in [-0.4, -0.2) is 34.3 Å². The Morgan fingerprint density at radius 3 is 2.41 bits per heavy atom. The van der Waals surface area contributed by atoms with E-state index in [4.69, 9.17) is 0 Å². The van der Waals surface area contributed by atoms with Crippen LogP contribution in [0.3, 0.4) is 0 Å². The number of para-hydroxylation sites is 2. The third-order valence-electron chi connectivity index (χ3n) is 11.8. The molecule has 6 nitrogen and oxygen atoms in total. The Morgan fingerprint density at radius 2 is 1.68 bits per heavy atom. The Hall–Kier alpha value is -1.92. The molecule has 0 saturated heterocycles. The minimum absolute atomic E-state index is 0.133. The molecule has 0 spiro atoms. The lowest BCUT2D eigenvalue weighted by Crippen LogP contribution is -2.58. The fourth-order valence-electron chi connectivity index (χ4n) is 9.84. The molecule has 4 saturated carbocycles. The summed E-state index contributed by atoms with van der Waals surface area (Å²) in [6.07, 6.45) is 9.37. The van der Waals surface area contributed by atoms with Crippen LogP contribution in [0.5, 0.6) is 0 Å². The van der Waals surface area contributed by atoms with Gasteiger partial charge in [0, 0.05) is 6.42 Å². The molecule has 1 heterocycles. The molecule has 6 rings (SSSR count). The zero-order valence-electron chi connectivity index (χ0n) is 22.6. The van der Waals surface area contributed by atoms with E-state index in [2.05, 4.69) is 35.7 Å². The SMILES string of the molecule is C[C@H](CCC(=O)N=C1N=c2ccccc2=N1)[C@@H]1CC[C@@H]2[C@H]3[C@@H](CC[C@@]21C)[C@@]1(C)CC[C@@H](O)C[C@@H]1C[C@@H]3O. The Kier molecular flexibility index (Phi) is 6.42. The quantitative estimate of drug-likeness (QED) is 0.641. The smallest absolute Gasteiger partial charge is 0.253 e. The van der Waals surface area contributed by atoms with E-state index in [0.29, 0.717) is 41.9 Å². The third-order valence-corrected chi connectivity index (χ3v) is 11.8. The van der Waals surface area contributed by atoms with E-state index in [9.17, 15) is 15.0 Å². The number of rotatable bonds is 4. The molecule has 1 amide bonds. The number of carbonyl (C=O) groups is 1. The molecule has 5 aliphatic rings. The van der Waals surface area contributed by atoms with Crippen molar-refractivity contribution in [3.8, 4) is 0 Å². The minimum Gasteiger partial charge on any atom is -0.393 e. The number of amides is 1. The lowest BCUT2D eigenvalue weighted by molar-refractivity contribution is -0.174. The number of fused-ring (bicyclic) bond motifs is 6. The second-order valence-corrected chi connectivity index (χ2v) is 13.5. The maximum atomic E-state index is 12.7. The summed E-state index contributed by atoms with van der Waals surface area (Å²) in [5, 5.41) is 23.3. The first-order chi connectivity index (χ1) is 17.7. The highest BCUT2D eigenvalue weighted by atomic mass is 16.3. The lowest BCUT2D eigenvalue weighted by atomic mass is 9.43. The van der Waals surface area contributed by atoms with Gasteiger partial charge >= 0.3 is 0 Å². The molecule has 0 aromatic heterocycles. The highest BCUT2D eigenvalue weighted by Crippen LogP contribution is 2.68. The molecule has 37 heavy (non-hydrogen) atoms. The van der Waals surface area contributed by atoms with Gasteiger partial charge in [-0.15, -0.1) is 0 Å². The van der Waals surface area contributed by atoms with Crippen LogP contribution in [0.2, 0.25) is 0 Å². The van der Waals surface area contributed by atoms with Gasteiger partial charge in [0.1, 0.15) is 0 Å². The molecule has 1 aromatic carbocycles. The molecular weight excluding hydrogens is 462 g/mol. The van der Waals surface area contributed by atoms with Gasteiger partial charge < -0.3 is 10.2 Å². The fourth-order valence-corrected chi connectivity index (χ4v) is 9.84. The van der Waals surface area contributed by atoms with Crippen molar-refractivity contribution in [3.63, 3.8) is 0 Å². The van der Waals surface area contributed by atoms with E-state index < -0.39 is 0 Å². The molecule has 1 aromatic rings.